The quantitative estimate of drug-likeness (QED) is 0.458. The third-order valence-corrected chi connectivity index (χ3v) is 3.18. The highest BCUT2D eigenvalue weighted by Gasteiger charge is 2.23. The summed E-state index contributed by atoms with van der Waals surface area (Å²) in [5.74, 6) is 0. The largest absolute Gasteiger partial charge is 0.250 e. The fraction of sp³-hybridized carbons (Fsp3) is 1.00. The van der Waals surface area contributed by atoms with Gasteiger partial charge in [0, 0.05) is 1.43 Å². The topological polar surface area (TPSA) is 0 Å². The first-order chi connectivity index (χ1) is 3.71. The van der Waals surface area contributed by atoms with Crippen molar-refractivity contribution >= 4 is 15.2 Å². The summed E-state index contributed by atoms with van der Waals surface area (Å²) in [7, 11) is 0. The van der Waals surface area contributed by atoms with Gasteiger partial charge in [-0.05, 0) is 0 Å². The van der Waals surface area contributed by atoms with Crippen LogP contribution in [0.2, 0.25) is 8.55 Å². The van der Waals surface area contributed by atoms with Gasteiger partial charge in [0.2, 0.25) is 0 Å². The Kier molecular flexibility index (Phi) is 2.80. The molecule has 0 N–H and O–H groups in total. The molecule has 0 aromatic rings. The molecule has 0 saturated carbocycles. The zero-order valence-electron chi connectivity index (χ0n) is 7.71. The summed E-state index contributed by atoms with van der Waals surface area (Å²) < 4.78 is 1.25. The molecule has 9 heavy (non-hydrogen) atoms. The van der Waals surface area contributed by atoms with Gasteiger partial charge in [0.1, 0.15) is 0 Å². The van der Waals surface area contributed by atoms with Crippen molar-refractivity contribution < 1.29 is 1.43 Å². The van der Waals surface area contributed by atoms with Crippen molar-refractivity contribution in [3.8, 4) is 0 Å². The summed E-state index contributed by atoms with van der Waals surface area (Å²) in [5, 5.41) is 0. The van der Waals surface area contributed by atoms with E-state index in [0.29, 0.717) is 8.55 Å². The minimum Gasteiger partial charge on any atom is -0.0825 e. The highest BCUT2D eigenvalue weighted by atomic mass is 27.1. The Labute approximate surface area is 67.2 Å². The second-order valence-electron chi connectivity index (χ2n) is 5.30. The lowest BCUT2D eigenvalue weighted by Gasteiger charge is -2.25. The van der Waals surface area contributed by atoms with E-state index in [-0.39, 0.29) is 16.6 Å². The smallest absolute Gasteiger partial charge is 0.0825 e. The fourth-order valence-electron chi connectivity index (χ4n) is 1.59. The van der Waals surface area contributed by atoms with Crippen LogP contribution in [0.15, 0.2) is 0 Å². The van der Waals surface area contributed by atoms with E-state index in [2.05, 4.69) is 41.5 Å². The molecule has 0 bridgehead atoms. The van der Waals surface area contributed by atoms with E-state index in [9.17, 15) is 0 Å². The normalized spacial score (nSPS) is 13.6. The monoisotopic (exact) mass is 144 g/mol. The minimum absolute atomic E-state index is 0. The van der Waals surface area contributed by atoms with Crippen LogP contribution in [-0.2, 0) is 0 Å². The summed E-state index contributed by atoms with van der Waals surface area (Å²) >= 11 is 0.0880. The molecule has 0 saturated heterocycles. The molecule has 0 amide bonds. The second-order valence-corrected chi connectivity index (χ2v) is 9.89. The highest BCUT2D eigenvalue weighted by Crippen LogP contribution is 2.33. The molecular weight excluding hydrogens is 123 g/mol. The van der Waals surface area contributed by atoms with Crippen LogP contribution in [0.3, 0.4) is 0 Å². The lowest BCUT2D eigenvalue weighted by molar-refractivity contribution is 0.668. The molecule has 0 aromatic carbocycles. The third-order valence-electron chi connectivity index (χ3n) is 1.06. The molecule has 0 heterocycles. The van der Waals surface area contributed by atoms with E-state index in [0.717, 1.165) is 0 Å². The molecule has 0 radical (unpaired) electrons. The molecule has 1 heteroatoms. The van der Waals surface area contributed by atoms with Crippen molar-refractivity contribution in [1.82, 2.24) is 0 Å². The number of hydrogen-bond donors (Lipinski definition) is 0. The SMILES string of the molecule is C[C](C)(C)[AlH][C](C)(C)C.[HH]. The molecule has 0 spiro atoms. The van der Waals surface area contributed by atoms with Crippen molar-refractivity contribution in [2.24, 2.45) is 0 Å². The van der Waals surface area contributed by atoms with Crippen LogP contribution < -0.4 is 0 Å². The molecule has 0 unspecified atom stereocenters. The Hall–Kier alpha value is 0.532. The Bertz CT molecular complexity index is 74.4. The molecule has 56 valence electrons. The first-order valence-corrected chi connectivity index (χ1v) is 5.12. The Morgan fingerprint density at radius 3 is 1.00 bits per heavy atom. The summed E-state index contributed by atoms with van der Waals surface area (Å²) in [6.45, 7) is 14.1. The maximum atomic E-state index is 2.35. The zero-order valence-corrected chi connectivity index (χ0v) is 9.12. The number of rotatable bonds is 0. The Morgan fingerprint density at radius 1 is 0.778 bits per heavy atom. The van der Waals surface area contributed by atoms with E-state index in [1.807, 2.05) is 0 Å². The molecule has 0 aliphatic carbocycles. The van der Waals surface area contributed by atoms with E-state index in [1.54, 1.807) is 0 Å². The van der Waals surface area contributed by atoms with Gasteiger partial charge in [0.05, 0.1) is 0 Å². The van der Waals surface area contributed by atoms with Crippen LogP contribution in [0.5, 0.6) is 0 Å². The van der Waals surface area contributed by atoms with Crippen molar-refractivity contribution in [3.63, 3.8) is 0 Å². The molecule has 0 fully saturated rings. The summed E-state index contributed by atoms with van der Waals surface area (Å²) in [6, 6.07) is 0. The molecule has 0 aromatic heterocycles. The van der Waals surface area contributed by atoms with Crippen LogP contribution in [-0.4, -0.2) is 15.2 Å². The first kappa shape index (κ1) is 9.53. The predicted molar refractivity (Wildman–Crippen MR) is 48.7 cm³/mol. The van der Waals surface area contributed by atoms with Gasteiger partial charge in [-0.3, -0.25) is 0 Å². The van der Waals surface area contributed by atoms with Crippen molar-refractivity contribution in [1.29, 1.82) is 0 Å². The van der Waals surface area contributed by atoms with Crippen molar-refractivity contribution in [3.05, 3.63) is 0 Å². The van der Waals surface area contributed by atoms with Crippen LogP contribution in [0.4, 0.5) is 0 Å². The van der Waals surface area contributed by atoms with Gasteiger partial charge in [-0.2, -0.15) is 0 Å². The van der Waals surface area contributed by atoms with Crippen molar-refractivity contribution in [2.45, 2.75) is 50.1 Å². The molecule has 0 atom stereocenters. The minimum atomic E-state index is 0. The highest BCUT2D eigenvalue weighted by molar-refractivity contribution is 6.43. The maximum absolute atomic E-state index is 2.35. The first-order valence-electron chi connectivity index (χ1n) is 3.71. The van der Waals surface area contributed by atoms with Gasteiger partial charge in [-0.25, -0.2) is 0 Å². The van der Waals surface area contributed by atoms with Crippen LogP contribution in [0, 0.1) is 0 Å². The lowest BCUT2D eigenvalue weighted by Crippen LogP contribution is -2.18. The maximum Gasteiger partial charge on any atom is 0.250 e. The number of hydrogen-bond acceptors (Lipinski definition) is 0. The summed E-state index contributed by atoms with van der Waals surface area (Å²) in [4.78, 5) is 0. The van der Waals surface area contributed by atoms with E-state index >= 15 is 0 Å². The molecule has 0 aliphatic heterocycles. The second kappa shape index (κ2) is 2.64. The fourth-order valence-corrected chi connectivity index (χ4v) is 4.77. The van der Waals surface area contributed by atoms with E-state index < -0.39 is 0 Å². The van der Waals surface area contributed by atoms with Crippen LogP contribution in [0.1, 0.15) is 43.0 Å². The average molecular weight is 144 g/mol. The van der Waals surface area contributed by atoms with Crippen LogP contribution in [0.25, 0.3) is 0 Å². The average Bonchev–Trinajstić information content (AvgIpc) is 1.14. The van der Waals surface area contributed by atoms with E-state index in [4.69, 9.17) is 0 Å². The predicted octanol–water partition coefficient (Wildman–Crippen LogP) is 3.11. The van der Waals surface area contributed by atoms with Gasteiger partial charge in [0.25, 0.3) is 15.2 Å². The zero-order chi connectivity index (χ0) is 7.71. The van der Waals surface area contributed by atoms with Gasteiger partial charge >= 0.3 is 0 Å². The third kappa shape index (κ3) is 8.53. The molecule has 0 aliphatic rings. The summed E-state index contributed by atoms with van der Waals surface area (Å²) in [6.07, 6.45) is 0. The Balaban J connectivity index is 0. The molecule has 0 rings (SSSR count). The van der Waals surface area contributed by atoms with E-state index in [1.165, 1.54) is 0 Å². The van der Waals surface area contributed by atoms with Gasteiger partial charge < -0.3 is 0 Å². The van der Waals surface area contributed by atoms with Gasteiger partial charge in [-0.15, -0.1) is 0 Å². The molecule has 0 nitrogen and oxygen atoms in total. The lowest BCUT2D eigenvalue weighted by atomic mass is 10.2. The standard InChI is InChI=1S/2C4H9.Al.H2.H/c2*1-4(2)3;;;/h2*1-3H3;;1H;. The molecular formula is C8H21Al. The van der Waals surface area contributed by atoms with Crippen LogP contribution >= 0.6 is 0 Å². The summed E-state index contributed by atoms with van der Waals surface area (Å²) in [5.41, 5.74) is 0. The van der Waals surface area contributed by atoms with Gasteiger partial charge in [0.15, 0.2) is 0 Å². The van der Waals surface area contributed by atoms with Crippen molar-refractivity contribution in [2.75, 3.05) is 0 Å². The Morgan fingerprint density at radius 2 is 1.00 bits per heavy atom. The van der Waals surface area contributed by atoms with Gasteiger partial charge in [-0.1, -0.05) is 50.1 Å².